The number of carbonyl (C=O) groups excluding carboxylic acids is 1. The molecule has 0 bridgehead atoms. The lowest BCUT2D eigenvalue weighted by Crippen LogP contribution is -2.25. The molecule has 0 aliphatic heterocycles. The highest BCUT2D eigenvalue weighted by molar-refractivity contribution is 5.75. The molecule has 0 heterocycles. The van der Waals surface area contributed by atoms with Gasteiger partial charge < -0.3 is 10.1 Å². The second kappa shape index (κ2) is 9.67. The fourth-order valence-corrected chi connectivity index (χ4v) is 2.49. The van der Waals surface area contributed by atoms with Gasteiger partial charge in [0.1, 0.15) is 5.75 Å². The van der Waals surface area contributed by atoms with Gasteiger partial charge in [0.05, 0.1) is 7.11 Å². The van der Waals surface area contributed by atoms with E-state index >= 15 is 0 Å². The van der Waals surface area contributed by atoms with Gasteiger partial charge in [-0.2, -0.15) is 0 Å². The summed E-state index contributed by atoms with van der Waals surface area (Å²) >= 11 is 0. The molecule has 0 atom stereocenters. The van der Waals surface area contributed by atoms with Crippen molar-refractivity contribution in [3.63, 3.8) is 0 Å². The minimum atomic E-state index is 0.149. The molecule has 2 aromatic rings. The van der Waals surface area contributed by atoms with Gasteiger partial charge in [-0.15, -0.1) is 0 Å². The van der Waals surface area contributed by atoms with Gasteiger partial charge in [0, 0.05) is 13.0 Å². The smallest absolute Gasteiger partial charge is 0.220 e. The molecule has 1 amide bonds. The Labute approximate surface area is 138 Å². The third kappa shape index (κ3) is 6.55. The van der Waals surface area contributed by atoms with E-state index < -0.39 is 0 Å². The van der Waals surface area contributed by atoms with Crippen molar-refractivity contribution in [3.8, 4) is 5.75 Å². The third-order valence-electron chi connectivity index (χ3n) is 3.86. The molecule has 0 radical (unpaired) electrons. The number of ether oxygens (including phenoxy) is 1. The molecular formula is C20H25NO2. The number of methoxy groups -OCH3 is 1. The number of benzene rings is 2. The van der Waals surface area contributed by atoms with E-state index in [4.69, 9.17) is 4.74 Å². The molecular weight excluding hydrogens is 286 g/mol. The van der Waals surface area contributed by atoms with Gasteiger partial charge in [0.25, 0.3) is 0 Å². The number of amides is 1. The SMILES string of the molecule is COc1ccc(CCCCC(=O)NCCc2ccccc2)cc1. The summed E-state index contributed by atoms with van der Waals surface area (Å²) in [4.78, 5) is 11.8. The Morgan fingerprint density at radius 2 is 1.61 bits per heavy atom. The second-order valence-electron chi connectivity index (χ2n) is 5.64. The van der Waals surface area contributed by atoms with Crippen LogP contribution in [0.4, 0.5) is 0 Å². The van der Waals surface area contributed by atoms with Gasteiger partial charge in [-0.1, -0.05) is 42.5 Å². The van der Waals surface area contributed by atoms with E-state index in [2.05, 4.69) is 29.6 Å². The van der Waals surface area contributed by atoms with Crippen molar-refractivity contribution in [2.24, 2.45) is 0 Å². The quantitative estimate of drug-likeness (QED) is 0.716. The van der Waals surface area contributed by atoms with Crippen LogP contribution in [0.15, 0.2) is 54.6 Å². The Balaban J connectivity index is 1.55. The maximum Gasteiger partial charge on any atom is 0.220 e. The zero-order valence-electron chi connectivity index (χ0n) is 13.8. The van der Waals surface area contributed by atoms with Gasteiger partial charge in [0.2, 0.25) is 5.91 Å². The number of rotatable bonds is 9. The molecule has 0 saturated carbocycles. The van der Waals surface area contributed by atoms with Crippen molar-refractivity contribution in [3.05, 3.63) is 65.7 Å². The number of hydrogen-bond donors (Lipinski definition) is 1. The lowest BCUT2D eigenvalue weighted by Gasteiger charge is -2.06. The zero-order chi connectivity index (χ0) is 16.3. The monoisotopic (exact) mass is 311 g/mol. The van der Waals surface area contributed by atoms with Crippen LogP contribution in [0.3, 0.4) is 0 Å². The van der Waals surface area contributed by atoms with Crippen molar-refractivity contribution < 1.29 is 9.53 Å². The Morgan fingerprint density at radius 3 is 2.30 bits per heavy atom. The number of hydrogen-bond acceptors (Lipinski definition) is 2. The van der Waals surface area contributed by atoms with Crippen LogP contribution in [0, 0.1) is 0 Å². The number of carbonyl (C=O) groups is 1. The fraction of sp³-hybridized carbons (Fsp3) is 0.350. The molecule has 0 aliphatic rings. The van der Waals surface area contributed by atoms with E-state index in [9.17, 15) is 4.79 Å². The summed E-state index contributed by atoms with van der Waals surface area (Å²) in [6, 6.07) is 18.3. The average molecular weight is 311 g/mol. The Morgan fingerprint density at radius 1 is 0.913 bits per heavy atom. The van der Waals surface area contributed by atoms with Gasteiger partial charge in [0.15, 0.2) is 0 Å². The van der Waals surface area contributed by atoms with Gasteiger partial charge >= 0.3 is 0 Å². The largest absolute Gasteiger partial charge is 0.497 e. The van der Waals surface area contributed by atoms with Crippen molar-refractivity contribution in [2.45, 2.75) is 32.1 Å². The normalized spacial score (nSPS) is 10.3. The van der Waals surface area contributed by atoms with Crippen LogP contribution in [0.5, 0.6) is 5.75 Å². The van der Waals surface area contributed by atoms with Crippen LogP contribution in [0.2, 0.25) is 0 Å². The minimum Gasteiger partial charge on any atom is -0.497 e. The maximum absolute atomic E-state index is 11.8. The number of unbranched alkanes of at least 4 members (excludes halogenated alkanes) is 1. The molecule has 0 aliphatic carbocycles. The second-order valence-corrected chi connectivity index (χ2v) is 5.64. The van der Waals surface area contributed by atoms with E-state index in [0.717, 1.165) is 31.4 Å². The van der Waals surface area contributed by atoms with E-state index in [1.54, 1.807) is 7.11 Å². The van der Waals surface area contributed by atoms with Gasteiger partial charge in [-0.05, 0) is 48.9 Å². The van der Waals surface area contributed by atoms with Crippen LogP contribution in [0.25, 0.3) is 0 Å². The van der Waals surface area contributed by atoms with Gasteiger partial charge in [-0.3, -0.25) is 4.79 Å². The standard InChI is InChI=1S/C20H25NO2/c1-23-19-13-11-18(12-14-19)9-5-6-10-20(22)21-16-15-17-7-3-2-4-8-17/h2-4,7-8,11-14H,5-6,9-10,15-16H2,1H3,(H,21,22). The first kappa shape index (κ1) is 17.1. The summed E-state index contributed by atoms with van der Waals surface area (Å²) in [5.74, 6) is 1.03. The summed E-state index contributed by atoms with van der Waals surface area (Å²) in [5, 5.41) is 2.99. The fourth-order valence-electron chi connectivity index (χ4n) is 2.49. The molecule has 3 nitrogen and oxygen atoms in total. The lowest BCUT2D eigenvalue weighted by molar-refractivity contribution is -0.121. The molecule has 0 unspecified atom stereocenters. The Hall–Kier alpha value is -2.29. The summed E-state index contributed by atoms with van der Waals surface area (Å²) in [5.41, 5.74) is 2.54. The maximum atomic E-state index is 11.8. The van der Waals surface area contributed by atoms with Crippen LogP contribution < -0.4 is 10.1 Å². The highest BCUT2D eigenvalue weighted by Crippen LogP contribution is 2.13. The molecule has 0 saturated heterocycles. The highest BCUT2D eigenvalue weighted by Gasteiger charge is 2.01. The summed E-state index contributed by atoms with van der Waals surface area (Å²) in [6.07, 6.45) is 4.44. The van der Waals surface area contributed by atoms with Crippen LogP contribution >= 0.6 is 0 Å². The first-order chi connectivity index (χ1) is 11.3. The summed E-state index contributed by atoms with van der Waals surface area (Å²) in [7, 11) is 1.67. The molecule has 122 valence electrons. The first-order valence-electron chi connectivity index (χ1n) is 8.21. The molecule has 0 spiro atoms. The van der Waals surface area contributed by atoms with Crippen molar-refractivity contribution in [2.75, 3.05) is 13.7 Å². The Bertz CT molecular complexity index is 578. The molecule has 2 rings (SSSR count). The average Bonchev–Trinajstić information content (AvgIpc) is 2.60. The minimum absolute atomic E-state index is 0.149. The third-order valence-corrected chi connectivity index (χ3v) is 3.86. The van der Waals surface area contributed by atoms with Crippen LogP contribution in [0.1, 0.15) is 30.4 Å². The van der Waals surface area contributed by atoms with Gasteiger partial charge in [-0.25, -0.2) is 0 Å². The van der Waals surface area contributed by atoms with Crippen molar-refractivity contribution in [1.29, 1.82) is 0 Å². The molecule has 0 fully saturated rings. The molecule has 1 N–H and O–H groups in total. The number of nitrogens with one attached hydrogen (secondary N) is 1. The lowest BCUT2D eigenvalue weighted by atomic mass is 10.1. The summed E-state index contributed by atoms with van der Waals surface area (Å²) < 4.78 is 5.14. The molecule has 0 aromatic heterocycles. The molecule has 2 aromatic carbocycles. The van der Waals surface area contributed by atoms with E-state index in [-0.39, 0.29) is 5.91 Å². The van der Waals surface area contributed by atoms with Crippen LogP contribution in [-0.4, -0.2) is 19.6 Å². The summed E-state index contributed by atoms with van der Waals surface area (Å²) in [6.45, 7) is 0.710. The number of aryl methyl sites for hydroxylation is 1. The molecule has 3 heteroatoms. The van der Waals surface area contributed by atoms with Crippen molar-refractivity contribution >= 4 is 5.91 Å². The first-order valence-corrected chi connectivity index (χ1v) is 8.21. The predicted molar refractivity (Wildman–Crippen MR) is 93.7 cm³/mol. The Kier molecular flexibility index (Phi) is 7.18. The topological polar surface area (TPSA) is 38.3 Å². The van der Waals surface area contributed by atoms with Crippen LogP contribution in [-0.2, 0) is 17.6 Å². The zero-order valence-corrected chi connectivity index (χ0v) is 13.8. The molecule has 23 heavy (non-hydrogen) atoms. The predicted octanol–water partition coefficient (Wildman–Crippen LogP) is 3.77. The van der Waals surface area contributed by atoms with E-state index in [1.165, 1.54) is 11.1 Å². The highest BCUT2D eigenvalue weighted by atomic mass is 16.5. The van der Waals surface area contributed by atoms with E-state index in [1.807, 2.05) is 30.3 Å². The van der Waals surface area contributed by atoms with E-state index in [0.29, 0.717) is 13.0 Å². The van der Waals surface area contributed by atoms with Crippen molar-refractivity contribution in [1.82, 2.24) is 5.32 Å².